The van der Waals surface area contributed by atoms with Crippen LogP contribution in [0.15, 0.2) is 4.99 Å². The Kier molecular flexibility index (Phi) is 1.30. The first-order valence-electron chi connectivity index (χ1n) is 3.57. The molecule has 0 bridgehead atoms. The molecule has 4 heteroatoms. The Labute approximate surface area is 59.8 Å². The summed E-state index contributed by atoms with van der Waals surface area (Å²) in [5, 5.41) is 5.27. The third-order valence-electron chi connectivity index (χ3n) is 1.73. The highest BCUT2D eigenvalue weighted by Crippen LogP contribution is 1.94. The van der Waals surface area contributed by atoms with Gasteiger partial charge < -0.3 is 0 Å². The van der Waals surface area contributed by atoms with Crippen molar-refractivity contribution in [3.8, 4) is 0 Å². The van der Waals surface area contributed by atoms with Crippen molar-refractivity contribution < 1.29 is 4.68 Å². The van der Waals surface area contributed by atoms with E-state index in [-0.39, 0.29) is 0 Å². The Hall–Kier alpha value is -1.06. The number of hydrazone groups is 1. The Bertz CT molecular complexity index is 184. The lowest BCUT2D eigenvalue weighted by atomic mass is 10.6. The van der Waals surface area contributed by atoms with Gasteiger partial charge in [-0.15, -0.1) is 0 Å². The van der Waals surface area contributed by atoms with Crippen molar-refractivity contribution in [2.75, 3.05) is 26.2 Å². The number of nitrogens with one attached hydrogen (secondary N) is 1. The van der Waals surface area contributed by atoms with Crippen molar-refractivity contribution in [3.05, 3.63) is 0 Å². The quantitative estimate of drug-likeness (QED) is 0.467. The van der Waals surface area contributed by atoms with E-state index in [1.807, 2.05) is 12.7 Å². The Morgan fingerprint density at radius 1 is 1.60 bits per heavy atom. The summed E-state index contributed by atoms with van der Waals surface area (Å²) in [6, 6.07) is 0. The standard InChI is InChI=1S/C6H10N4/c1-3-9(5-7-1)10-4-2-8-6-10/h5-6H,1-4H2/p+1. The largest absolute Gasteiger partial charge is 0.275 e. The predicted molar refractivity (Wildman–Crippen MR) is 39.3 cm³/mol. The second kappa shape index (κ2) is 2.28. The first kappa shape index (κ1) is 5.70. The molecular weight excluding hydrogens is 128 g/mol. The van der Waals surface area contributed by atoms with Crippen molar-refractivity contribution in [1.29, 1.82) is 0 Å². The lowest BCUT2D eigenvalue weighted by Gasteiger charge is -2.10. The molecule has 2 aliphatic rings. The Morgan fingerprint density at radius 3 is 3.20 bits per heavy atom. The Morgan fingerprint density at radius 2 is 2.60 bits per heavy atom. The van der Waals surface area contributed by atoms with Crippen LogP contribution in [0.25, 0.3) is 0 Å². The molecule has 0 saturated heterocycles. The molecule has 0 fully saturated rings. The number of rotatable bonds is 1. The molecule has 0 aliphatic carbocycles. The van der Waals surface area contributed by atoms with E-state index in [0.29, 0.717) is 0 Å². The third kappa shape index (κ3) is 0.853. The molecule has 10 heavy (non-hydrogen) atoms. The van der Waals surface area contributed by atoms with Crippen LogP contribution in [0.3, 0.4) is 0 Å². The minimum atomic E-state index is 0.935. The van der Waals surface area contributed by atoms with E-state index in [1.54, 1.807) is 0 Å². The summed E-state index contributed by atoms with van der Waals surface area (Å²) in [5.74, 6) is 0. The fraction of sp³-hybridized carbons (Fsp3) is 0.667. The summed E-state index contributed by atoms with van der Waals surface area (Å²) < 4.78 is 2.15. The van der Waals surface area contributed by atoms with Gasteiger partial charge >= 0.3 is 0 Å². The van der Waals surface area contributed by atoms with Gasteiger partial charge in [-0.3, -0.25) is 10.3 Å². The SMILES string of the molecule is C1=NCCN1[N+]1=CNCC1. The van der Waals surface area contributed by atoms with Crippen LogP contribution in [0.1, 0.15) is 0 Å². The zero-order valence-electron chi connectivity index (χ0n) is 5.82. The van der Waals surface area contributed by atoms with Gasteiger partial charge in [-0.05, 0) is 0 Å². The summed E-state index contributed by atoms with van der Waals surface area (Å²) in [4.78, 5) is 4.12. The molecule has 54 valence electrons. The molecule has 0 amide bonds. The van der Waals surface area contributed by atoms with Crippen molar-refractivity contribution >= 4 is 12.7 Å². The molecular formula is C6H11N4+. The van der Waals surface area contributed by atoms with Gasteiger partial charge in [-0.2, -0.15) is 4.68 Å². The second-order valence-electron chi connectivity index (χ2n) is 2.43. The lowest BCUT2D eigenvalue weighted by Crippen LogP contribution is -2.32. The summed E-state index contributed by atoms with van der Waals surface area (Å²) in [6.45, 7) is 4.07. The van der Waals surface area contributed by atoms with Gasteiger partial charge in [0.25, 0.3) is 6.34 Å². The highest BCUT2D eigenvalue weighted by Gasteiger charge is 2.17. The molecule has 4 nitrogen and oxygen atoms in total. The van der Waals surface area contributed by atoms with Crippen LogP contribution in [0, 0.1) is 0 Å². The number of hydrazine groups is 1. The molecule has 1 N–H and O–H groups in total. The number of aliphatic imine (C=N–C) groups is 1. The van der Waals surface area contributed by atoms with E-state index in [9.17, 15) is 0 Å². The van der Waals surface area contributed by atoms with Crippen LogP contribution in [0.5, 0.6) is 0 Å². The fourth-order valence-corrected chi connectivity index (χ4v) is 1.18. The van der Waals surface area contributed by atoms with E-state index in [1.165, 1.54) is 0 Å². The highest BCUT2D eigenvalue weighted by molar-refractivity contribution is 5.57. The van der Waals surface area contributed by atoms with Crippen LogP contribution >= 0.6 is 0 Å². The lowest BCUT2D eigenvalue weighted by molar-refractivity contribution is -0.651. The average Bonchev–Trinajstić information content (AvgIpc) is 2.59. The van der Waals surface area contributed by atoms with E-state index in [4.69, 9.17) is 0 Å². The van der Waals surface area contributed by atoms with Gasteiger partial charge in [0.05, 0.1) is 13.1 Å². The van der Waals surface area contributed by atoms with Crippen molar-refractivity contribution in [2.45, 2.75) is 0 Å². The average molecular weight is 139 g/mol. The zero-order chi connectivity index (χ0) is 6.81. The zero-order valence-corrected chi connectivity index (χ0v) is 5.82. The monoisotopic (exact) mass is 139 g/mol. The molecule has 0 aromatic carbocycles. The minimum Gasteiger partial charge on any atom is -0.275 e. The molecule has 0 unspecified atom stereocenters. The molecule has 2 aliphatic heterocycles. The first-order valence-corrected chi connectivity index (χ1v) is 3.57. The third-order valence-corrected chi connectivity index (χ3v) is 1.73. The fourth-order valence-electron chi connectivity index (χ4n) is 1.18. The molecule has 0 atom stereocenters. The van der Waals surface area contributed by atoms with Crippen LogP contribution < -0.4 is 5.32 Å². The molecule has 0 radical (unpaired) electrons. The van der Waals surface area contributed by atoms with Gasteiger partial charge in [0, 0.05) is 0 Å². The minimum absolute atomic E-state index is 0.935. The van der Waals surface area contributed by atoms with Crippen LogP contribution in [-0.2, 0) is 0 Å². The van der Waals surface area contributed by atoms with E-state index < -0.39 is 0 Å². The Balaban J connectivity index is 2.04. The second-order valence-corrected chi connectivity index (χ2v) is 2.43. The molecule has 2 rings (SSSR count). The van der Waals surface area contributed by atoms with Crippen molar-refractivity contribution in [1.82, 2.24) is 10.3 Å². The van der Waals surface area contributed by atoms with Crippen LogP contribution in [0.2, 0.25) is 0 Å². The molecule has 0 aromatic heterocycles. The first-order chi connectivity index (χ1) is 4.97. The van der Waals surface area contributed by atoms with Crippen molar-refractivity contribution in [3.63, 3.8) is 0 Å². The molecule has 0 spiro atoms. The highest BCUT2D eigenvalue weighted by atomic mass is 15.6. The normalized spacial score (nSPS) is 23.2. The molecule has 0 saturated carbocycles. The maximum absolute atomic E-state index is 4.12. The van der Waals surface area contributed by atoms with Crippen LogP contribution in [0.4, 0.5) is 0 Å². The smallest absolute Gasteiger partial charge is 0.256 e. The number of hydrogen-bond donors (Lipinski definition) is 1. The van der Waals surface area contributed by atoms with Crippen LogP contribution in [-0.4, -0.2) is 48.5 Å². The number of nitrogens with zero attached hydrogens (tertiary/aromatic N) is 3. The summed E-state index contributed by atoms with van der Waals surface area (Å²) in [7, 11) is 0. The van der Waals surface area contributed by atoms with Gasteiger partial charge in [0.2, 0.25) is 0 Å². The van der Waals surface area contributed by atoms with E-state index in [2.05, 4.69) is 20.0 Å². The molecule has 0 aromatic rings. The topological polar surface area (TPSA) is 30.6 Å². The van der Waals surface area contributed by atoms with Crippen molar-refractivity contribution in [2.24, 2.45) is 4.99 Å². The maximum Gasteiger partial charge on any atom is 0.256 e. The summed E-state index contributed by atoms with van der Waals surface area (Å²) in [5.41, 5.74) is 0. The van der Waals surface area contributed by atoms with Gasteiger partial charge in [-0.1, -0.05) is 0 Å². The van der Waals surface area contributed by atoms with E-state index in [0.717, 1.165) is 26.2 Å². The van der Waals surface area contributed by atoms with Gasteiger partial charge in [0.1, 0.15) is 19.4 Å². The summed E-state index contributed by atoms with van der Waals surface area (Å²) >= 11 is 0. The maximum atomic E-state index is 4.12. The summed E-state index contributed by atoms with van der Waals surface area (Å²) in [6.07, 6.45) is 3.89. The van der Waals surface area contributed by atoms with Gasteiger partial charge in [0.15, 0.2) is 0 Å². The predicted octanol–water partition coefficient (Wildman–Crippen LogP) is -1.11. The van der Waals surface area contributed by atoms with Gasteiger partial charge in [-0.25, -0.2) is 5.01 Å². The number of hydrogen-bond acceptors (Lipinski definition) is 3. The van der Waals surface area contributed by atoms with E-state index >= 15 is 0 Å². The molecule has 2 heterocycles.